The Bertz CT molecular complexity index is 693. The fourth-order valence-electron chi connectivity index (χ4n) is 2.41. The van der Waals surface area contributed by atoms with Crippen LogP contribution in [0, 0.1) is 0 Å². The van der Waals surface area contributed by atoms with Crippen molar-refractivity contribution in [1.82, 2.24) is 5.32 Å². The van der Waals surface area contributed by atoms with E-state index < -0.39 is 11.5 Å². The number of carbonyl (C=O) groups excluding carboxylic acids is 1. The molecule has 5 heteroatoms. The second kappa shape index (κ2) is 6.58. The zero-order valence-corrected chi connectivity index (χ0v) is 12.6. The summed E-state index contributed by atoms with van der Waals surface area (Å²) in [5.41, 5.74) is -0.572. The van der Waals surface area contributed by atoms with Crippen molar-refractivity contribution in [3.63, 3.8) is 0 Å². The third-order valence-corrected chi connectivity index (χ3v) is 3.55. The lowest BCUT2D eigenvalue weighted by Crippen LogP contribution is -2.55. The molecule has 0 saturated heterocycles. The van der Waals surface area contributed by atoms with Crippen molar-refractivity contribution >= 4 is 22.6 Å². The van der Waals surface area contributed by atoms with Crippen LogP contribution in [0.15, 0.2) is 42.5 Å². The minimum atomic E-state index is -1.43. The predicted octanol–water partition coefficient (Wildman–Crippen LogP) is 1.99. The molecule has 0 bridgehead atoms. The van der Waals surface area contributed by atoms with Gasteiger partial charge in [-0.25, -0.2) is 4.79 Å². The van der Waals surface area contributed by atoms with Crippen LogP contribution in [0.5, 0.6) is 0 Å². The maximum Gasteiger partial charge on any atom is 0.331 e. The van der Waals surface area contributed by atoms with Crippen molar-refractivity contribution in [1.29, 1.82) is 0 Å². The molecule has 0 fully saturated rings. The van der Waals surface area contributed by atoms with Gasteiger partial charge in [0.25, 0.3) is 0 Å². The van der Waals surface area contributed by atoms with Crippen LogP contribution in [0.25, 0.3) is 10.8 Å². The maximum atomic E-state index is 12.2. The van der Waals surface area contributed by atoms with E-state index in [4.69, 9.17) is 4.74 Å². The molecule has 1 atom stereocenters. The number of hydrogen-bond acceptors (Lipinski definition) is 3. The average molecular weight is 301 g/mol. The van der Waals surface area contributed by atoms with Crippen LogP contribution < -0.4 is 5.32 Å². The highest BCUT2D eigenvalue weighted by Gasteiger charge is 2.34. The van der Waals surface area contributed by atoms with Gasteiger partial charge in [0, 0.05) is 7.11 Å². The van der Waals surface area contributed by atoms with E-state index in [0.717, 1.165) is 16.3 Å². The van der Waals surface area contributed by atoms with Gasteiger partial charge in [0.15, 0.2) is 5.54 Å². The molecule has 0 aliphatic heterocycles. The van der Waals surface area contributed by atoms with Gasteiger partial charge in [-0.15, -0.1) is 0 Å². The van der Waals surface area contributed by atoms with Gasteiger partial charge in [-0.05, 0) is 23.3 Å². The molecule has 1 unspecified atom stereocenters. The van der Waals surface area contributed by atoms with Crippen LogP contribution in [0.2, 0.25) is 0 Å². The molecule has 0 saturated carbocycles. The zero-order valence-electron chi connectivity index (χ0n) is 12.6. The predicted molar refractivity (Wildman–Crippen MR) is 83.7 cm³/mol. The highest BCUT2D eigenvalue weighted by Crippen LogP contribution is 2.19. The third kappa shape index (κ3) is 3.43. The van der Waals surface area contributed by atoms with E-state index in [1.807, 2.05) is 42.5 Å². The van der Waals surface area contributed by atoms with E-state index >= 15 is 0 Å². The third-order valence-electron chi connectivity index (χ3n) is 3.55. The van der Waals surface area contributed by atoms with E-state index in [1.54, 1.807) is 0 Å². The Morgan fingerprint density at radius 3 is 2.55 bits per heavy atom. The number of aliphatic carboxylic acids is 1. The van der Waals surface area contributed by atoms with Crippen molar-refractivity contribution in [3.8, 4) is 0 Å². The summed E-state index contributed by atoms with van der Waals surface area (Å²) in [4.78, 5) is 23.5. The van der Waals surface area contributed by atoms with Gasteiger partial charge in [0.1, 0.15) is 0 Å². The molecule has 0 aliphatic carbocycles. The maximum absolute atomic E-state index is 12.2. The molecule has 5 nitrogen and oxygen atoms in total. The van der Waals surface area contributed by atoms with Crippen molar-refractivity contribution in [2.24, 2.45) is 0 Å². The molecule has 116 valence electrons. The molecule has 0 heterocycles. The van der Waals surface area contributed by atoms with Crippen LogP contribution >= 0.6 is 0 Å². The Kier molecular flexibility index (Phi) is 4.78. The summed E-state index contributed by atoms with van der Waals surface area (Å²) in [6.07, 6.45) is 0.119. The van der Waals surface area contributed by atoms with Crippen molar-refractivity contribution in [2.45, 2.75) is 18.9 Å². The van der Waals surface area contributed by atoms with Gasteiger partial charge in [-0.3, -0.25) is 4.79 Å². The van der Waals surface area contributed by atoms with Crippen LogP contribution in [0.3, 0.4) is 0 Å². The first-order valence-electron chi connectivity index (χ1n) is 6.96. The van der Waals surface area contributed by atoms with Crippen LogP contribution in [-0.4, -0.2) is 36.2 Å². The number of carboxylic acids is 1. The first-order chi connectivity index (χ1) is 10.5. The van der Waals surface area contributed by atoms with Gasteiger partial charge in [-0.1, -0.05) is 42.5 Å². The smallest absolute Gasteiger partial charge is 0.331 e. The Morgan fingerprint density at radius 2 is 1.86 bits per heavy atom. The van der Waals surface area contributed by atoms with E-state index in [1.165, 1.54) is 14.0 Å². The lowest BCUT2D eigenvalue weighted by atomic mass is 10.00. The number of hydrogen-bond donors (Lipinski definition) is 2. The quantitative estimate of drug-likeness (QED) is 0.855. The Morgan fingerprint density at radius 1 is 1.18 bits per heavy atom. The van der Waals surface area contributed by atoms with E-state index in [-0.39, 0.29) is 18.9 Å². The number of ether oxygens (including phenoxy) is 1. The van der Waals surface area contributed by atoms with Crippen molar-refractivity contribution in [3.05, 3.63) is 48.0 Å². The lowest BCUT2D eigenvalue weighted by Gasteiger charge is -2.25. The molecule has 0 radical (unpaired) electrons. The van der Waals surface area contributed by atoms with Crippen molar-refractivity contribution < 1.29 is 19.4 Å². The van der Waals surface area contributed by atoms with Gasteiger partial charge < -0.3 is 15.2 Å². The first kappa shape index (κ1) is 16.0. The molecular weight excluding hydrogens is 282 g/mol. The molecule has 2 aromatic carbocycles. The highest BCUT2D eigenvalue weighted by atomic mass is 16.5. The molecule has 0 aromatic heterocycles. The summed E-state index contributed by atoms with van der Waals surface area (Å²) in [7, 11) is 1.40. The first-order valence-corrected chi connectivity index (χ1v) is 6.96. The van der Waals surface area contributed by atoms with Crippen LogP contribution in [0.4, 0.5) is 0 Å². The van der Waals surface area contributed by atoms with Gasteiger partial charge >= 0.3 is 5.97 Å². The van der Waals surface area contributed by atoms with Crippen molar-refractivity contribution in [2.75, 3.05) is 13.7 Å². The van der Waals surface area contributed by atoms with Gasteiger partial charge in [0.05, 0.1) is 13.0 Å². The van der Waals surface area contributed by atoms with E-state index in [0.29, 0.717) is 0 Å². The lowest BCUT2D eigenvalue weighted by molar-refractivity contribution is -0.149. The zero-order chi connectivity index (χ0) is 16.2. The minimum Gasteiger partial charge on any atom is -0.479 e. The second-order valence-corrected chi connectivity index (χ2v) is 5.43. The number of carboxylic acid groups (broad SMARTS) is 1. The number of fused-ring (bicyclic) bond motifs is 1. The Balaban J connectivity index is 2.19. The normalized spacial score (nSPS) is 13.5. The summed E-state index contributed by atoms with van der Waals surface area (Å²) in [5, 5.41) is 13.8. The van der Waals surface area contributed by atoms with Gasteiger partial charge in [-0.2, -0.15) is 0 Å². The number of nitrogens with one attached hydrogen (secondary N) is 1. The average Bonchev–Trinajstić information content (AvgIpc) is 2.47. The Labute approximate surface area is 128 Å². The summed E-state index contributed by atoms with van der Waals surface area (Å²) >= 11 is 0. The van der Waals surface area contributed by atoms with Crippen LogP contribution in [0.1, 0.15) is 12.5 Å². The fraction of sp³-hybridized carbons (Fsp3) is 0.294. The topological polar surface area (TPSA) is 75.6 Å². The molecular formula is C17H19NO4. The standard InChI is InChI=1S/C17H19NO4/c1-17(11-22-2,16(20)21)18-15(19)10-13-8-5-7-12-6-3-4-9-14(12)13/h3-9H,10-11H2,1-2H3,(H,18,19)(H,20,21). The number of amides is 1. The largest absolute Gasteiger partial charge is 0.479 e. The number of carbonyl (C=O) groups is 2. The molecule has 0 spiro atoms. The summed E-state index contributed by atoms with van der Waals surface area (Å²) < 4.78 is 4.89. The SMILES string of the molecule is COCC(C)(NC(=O)Cc1cccc2ccccc12)C(=O)O. The number of rotatable bonds is 6. The number of benzene rings is 2. The molecule has 22 heavy (non-hydrogen) atoms. The Hall–Kier alpha value is -2.40. The highest BCUT2D eigenvalue weighted by molar-refractivity contribution is 5.92. The summed E-state index contributed by atoms with van der Waals surface area (Å²) in [6, 6.07) is 13.5. The van der Waals surface area contributed by atoms with Gasteiger partial charge in [0.2, 0.25) is 5.91 Å². The summed E-state index contributed by atoms with van der Waals surface area (Å²) in [6.45, 7) is 1.34. The molecule has 2 rings (SSSR count). The molecule has 2 N–H and O–H groups in total. The second-order valence-electron chi connectivity index (χ2n) is 5.43. The monoisotopic (exact) mass is 301 g/mol. The van der Waals surface area contributed by atoms with Crippen LogP contribution in [-0.2, 0) is 20.7 Å². The minimum absolute atomic E-state index is 0.0936. The summed E-state index contributed by atoms with van der Waals surface area (Å²) in [5.74, 6) is -1.47. The molecule has 1 amide bonds. The van der Waals surface area contributed by atoms with E-state index in [9.17, 15) is 14.7 Å². The molecule has 2 aromatic rings. The van der Waals surface area contributed by atoms with E-state index in [2.05, 4.69) is 5.32 Å². The fourth-order valence-corrected chi connectivity index (χ4v) is 2.41. The molecule has 0 aliphatic rings. The number of methoxy groups -OCH3 is 1.